The lowest BCUT2D eigenvalue weighted by molar-refractivity contribution is 0.787. The van der Waals surface area contributed by atoms with E-state index < -0.39 is 0 Å². The Hall–Kier alpha value is -2.18. The van der Waals surface area contributed by atoms with Crippen molar-refractivity contribution in [1.82, 2.24) is 24.7 Å². The summed E-state index contributed by atoms with van der Waals surface area (Å²) < 4.78 is 1.90. The van der Waals surface area contributed by atoms with Gasteiger partial charge >= 0.3 is 0 Å². The van der Waals surface area contributed by atoms with Gasteiger partial charge in [-0.1, -0.05) is 0 Å². The number of hydrogen-bond acceptors (Lipinski definition) is 6. The summed E-state index contributed by atoms with van der Waals surface area (Å²) in [5.74, 6) is 2.35. The van der Waals surface area contributed by atoms with Crippen LogP contribution in [-0.4, -0.2) is 38.3 Å². The minimum absolute atomic E-state index is 0.605. The molecule has 90 valence electrons. The van der Waals surface area contributed by atoms with E-state index in [4.69, 9.17) is 0 Å². The van der Waals surface area contributed by atoms with E-state index in [1.807, 2.05) is 17.7 Å². The summed E-state index contributed by atoms with van der Waals surface area (Å²) in [6.07, 6.45) is 4.21. The lowest BCUT2D eigenvalue weighted by Crippen LogP contribution is -2.10. The van der Waals surface area contributed by atoms with Gasteiger partial charge in [0, 0.05) is 33.3 Å². The molecule has 0 aromatic carbocycles. The van der Waals surface area contributed by atoms with Gasteiger partial charge in [-0.2, -0.15) is 4.98 Å². The molecule has 7 heteroatoms. The second-order valence-electron chi connectivity index (χ2n) is 3.55. The lowest BCUT2D eigenvalue weighted by Gasteiger charge is -2.06. The van der Waals surface area contributed by atoms with E-state index in [0.29, 0.717) is 5.95 Å². The molecular weight excluding hydrogens is 218 g/mol. The molecule has 0 saturated carbocycles. The summed E-state index contributed by atoms with van der Waals surface area (Å²) in [6.45, 7) is 0.757. The van der Waals surface area contributed by atoms with Gasteiger partial charge in [0.25, 0.3) is 0 Å². The highest BCUT2D eigenvalue weighted by Gasteiger charge is 2.01. The van der Waals surface area contributed by atoms with Crippen molar-refractivity contribution in [1.29, 1.82) is 0 Å². The van der Waals surface area contributed by atoms with E-state index in [2.05, 4.69) is 30.8 Å². The lowest BCUT2D eigenvalue weighted by atomic mass is 10.4. The Labute approximate surface area is 99.3 Å². The maximum atomic E-state index is 4.26. The van der Waals surface area contributed by atoms with Crippen LogP contribution in [0.4, 0.5) is 11.8 Å². The van der Waals surface area contributed by atoms with Crippen molar-refractivity contribution >= 4 is 11.8 Å². The van der Waals surface area contributed by atoms with Gasteiger partial charge < -0.3 is 15.2 Å². The molecule has 0 fully saturated rings. The Balaban J connectivity index is 1.87. The Kier molecular flexibility index (Phi) is 3.49. The molecule has 0 bridgehead atoms. The van der Waals surface area contributed by atoms with Crippen molar-refractivity contribution in [2.24, 2.45) is 7.05 Å². The Morgan fingerprint density at radius 3 is 3.00 bits per heavy atom. The van der Waals surface area contributed by atoms with Gasteiger partial charge in [-0.3, -0.25) is 0 Å². The molecule has 0 spiro atoms. The highest BCUT2D eigenvalue weighted by molar-refractivity contribution is 5.39. The molecule has 2 N–H and O–H groups in total. The zero-order chi connectivity index (χ0) is 12.1. The van der Waals surface area contributed by atoms with Gasteiger partial charge in [-0.05, 0) is 6.07 Å². The van der Waals surface area contributed by atoms with Crippen molar-refractivity contribution in [3.05, 3.63) is 24.4 Å². The van der Waals surface area contributed by atoms with E-state index in [0.717, 1.165) is 24.6 Å². The van der Waals surface area contributed by atoms with Gasteiger partial charge in [-0.25, -0.2) is 4.98 Å². The summed E-state index contributed by atoms with van der Waals surface area (Å²) in [7, 11) is 3.72. The summed E-state index contributed by atoms with van der Waals surface area (Å²) in [6, 6.07) is 1.83. The molecule has 0 aliphatic rings. The maximum Gasteiger partial charge on any atom is 0.224 e. The van der Waals surface area contributed by atoms with Crippen LogP contribution < -0.4 is 10.6 Å². The minimum atomic E-state index is 0.605. The molecule has 0 saturated heterocycles. The second kappa shape index (κ2) is 5.24. The SMILES string of the molecule is CNc1nccc(NCCc2nncn2C)n1. The first-order chi connectivity index (χ1) is 8.29. The zero-order valence-electron chi connectivity index (χ0n) is 9.88. The van der Waals surface area contributed by atoms with Gasteiger partial charge in [-0.15, -0.1) is 10.2 Å². The van der Waals surface area contributed by atoms with Crippen LogP contribution in [0.3, 0.4) is 0 Å². The predicted octanol–water partition coefficient (Wildman–Crippen LogP) is 0.301. The summed E-state index contributed by atoms with van der Waals surface area (Å²) in [5, 5.41) is 13.9. The number of aromatic nitrogens is 5. The number of hydrogen-bond donors (Lipinski definition) is 2. The molecule has 0 atom stereocenters. The number of nitrogens with zero attached hydrogens (tertiary/aromatic N) is 5. The molecule has 0 aliphatic carbocycles. The van der Waals surface area contributed by atoms with Gasteiger partial charge in [0.1, 0.15) is 18.0 Å². The third-order valence-corrected chi connectivity index (χ3v) is 2.34. The van der Waals surface area contributed by atoms with Gasteiger partial charge in [0.05, 0.1) is 0 Å². The molecule has 0 radical (unpaired) electrons. The fourth-order valence-corrected chi connectivity index (χ4v) is 1.41. The fourth-order valence-electron chi connectivity index (χ4n) is 1.41. The first-order valence-electron chi connectivity index (χ1n) is 5.37. The van der Waals surface area contributed by atoms with Crippen LogP contribution in [0, 0.1) is 0 Å². The molecule has 0 aliphatic heterocycles. The van der Waals surface area contributed by atoms with Crippen LogP contribution in [0.1, 0.15) is 5.82 Å². The number of nitrogens with one attached hydrogen (secondary N) is 2. The zero-order valence-corrected chi connectivity index (χ0v) is 9.88. The van der Waals surface area contributed by atoms with E-state index in [1.165, 1.54) is 0 Å². The van der Waals surface area contributed by atoms with Crippen LogP contribution in [0.2, 0.25) is 0 Å². The Morgan fingerprint density at radius 1 is 1.41 bits per heavy atom. The molecule has 0 unspecified atom stereocenters. The summed E-state index contributed by atoms with van der Waals surface area (Å²) in [5.41, 5.74) is 0. The van der Waals surface area contributed by atoms with E-state index in [-0.39, 0.29) is 0 Å². The standard InChI is InChI=1S/C10H15N7/c1-11-10-13-5-3-8(15-10)12-6-4-9-16-14-7-17(9)2/h3,5,7H,4,6H2,1-2H3,(H2,11,12,13,15). The Bertz CT molecular complexity index is 479. The molecule has 2 heterocycles. The monoisotopic (exact) mass is 233 g/mol. The van der Waals surface area contributed by atoms with Gasteiger partial charge in [0.15, 0.2) is 0 Å². The van der Waals surface area contributed by atoms with Crippen molar-refractivity contribution in [3.8, 4) is 0 Å². The summed E-state index contributed by atoms with van der Waals surface area (Å²) in [4.78, 5) is 8.30. The largest absolute Gasteiger partial charge is 0.369 e. The van der Waals surface area contributed by atoms with E-state index >= 15 is 0 Å². The maximum absolute atomic E-state index is 4.26. The quantitative estimate of drug-likeness (QED) is 0.773. The highest BCUT2D eigenvalue weighted by atomic mass is 15.2. The van der Waals surface area contributed by atoms with E-state index in [9.17, 15) is 0 Å². The third kappa shape index (κ3) is 2.90. The normalized spacial score (nSPS) is 10.2. The number of anilines is 2. The summed E-state index contributed by atoms with van der Waals surface area (Å²) >= 11 is 0. The van der Waals surface area contributed by atoms with E-state index in [1.54, 1.807) is 19.6 Å². The van der Waals surface area contributed by atoms with Crippen LogP contribution in [0.15, 0.2) is 18.6 Å². The second-order valence-corrected chi connectivity index (χ2v) is 3.55. The van der Waals surface area contributed by atoms with Gasteiger partial charge in [0.2, 0.25) is 5.95 Å². The first kappa shape index (κ1) is 11.3. The van der Waals surface area contributed by atoms with Crippen molar-refractivity contribution in [2.75, 3.05) is 24.2 Å². The highest BCUT2D eigenvalue weighted by Crippen LogP contribution is 2.04. The number of aryl methyl sites for hydroxylation is 1. The molecule has 2 aromatic rings. The van der Waals surface area contributed by atoms with Crippen molar-refractivity contribution in [3.63, 3.8) is 0 Å². The fraction of sp³-hybridized carbons (Fsp3) is 0.400. The average Bonchev–Trinajstić information content (AvgIpc) is 2.76. The molecule has 2 rings (SSSR count). The molecule has 0 amide bonds. The molecule has 17 heavy (non-hydrogen) atoms. The van der Waals surface area contributed by atoms with Crippen LogP contribution in [-0.2, 0) is 13.5 Å². The van der Waals surface area contributed by atoms with Crippen LogP contribution in [0.25, 0.3) is 0 Å². The first-order valence-corrected chi connectivity index (χ1v) is 5.37. The Morgan fingerprint density at radius 2 is 2.29 bits per heavy atom. The minimum Gasteiger partial charge on any atom is -0.369 e. The molecule has 7 nitrogen and oxygen atoms in total. The van der Waals surface area contributed by atoms with Crippen LogP contribution in [0.5, 0.6) is 0 Å². The smallest absolute Gasteiger partial charge is 0.224 e. The van der Waals surface area contributed by atoms with Crippen LogP contribution >= 0.6 is 0 Å². The average molecular weight is 233 g/mol. The predicted molar refractivity (Wildman–Crippen MR) is 64.8 cm³/mol. The molecule has 2 aromatic heterocycles. The topological polar surface area (TPSA) is 80.5 Å². The third-order valence-electron chi connectivity index (χ3n) is 2.34. The molecular formula is C10H15N7. The number of rotatable bonds is 5. The van der Waals surface area contributed by atoms with Crippen molar-refractivity contribution < 1.29 is 0 Å². The van der Waals surface area contributed by atoms with Crippen molar-refractivity contribution in [2.45, 2.75) is 6.42 Å².